The van der Waals surface area contributed by atoms with Gasteiger partial charge in [0.1, 0.15) is 0 Å². The summed E-state index contributed by atoms with van der Waals surface area (Å²) in [6.45, 7) is 9.28. The molecule has 0 unspecified atom stereocenters. The molecule has 2 N–H and O–H groups in total. The molecule has 1 heterocycles. The fourth-order valence-electron chi connectivity index (χ4n) is 3.26. The van der Waals surface area contributed by atoms with E-state index in [0.29, 0.717) is 19.0 Å². The van der Waals surface area contributed by atoms with Gasteiger partial charge in [0.15, 0.2) is 0 Å². The van der Waals surface area contributed by atoms with E-state index in [-0.39, 0.29) is 24.0 Å². The third-order valence-electron chi connectivity index (χ3n) is 4.55. The van der Waals surface area contributed by atoms with Gasteiger partial charge in [-0.3, -0.25) is 4.79 Å². The molecule has 1 fully saturated rings. The normalized spacial score (nSPS) is 18.5. The van der Waals surface area contributed by atoms with Gasteiger partial charge in [-0.25, -0.2) is 4.79 Å². The molecular weight excluding hydrogens is 302 g/mol. The van der Waals surface area contributed by atoms with Crippen molar-refractivity contribution in [2.45, 2.75) is 52.6 Å². The van der Waals surface area contributed by atoms with E-state index in [4.69, 9.17) is 0 Å². The van der Waals surface area contributed by atoms with Gasteiger partial charge in [-0.05, 0) is 36.8 Å². The Hall–Kier alpha value is -2.04. The molecule has 1 aromatic rings. The first-order valence-electron chi connectivity index (χ1n) is 8.75. The summed E-state index contributed by atoms with van der Waals surface area (Å²) in [6, 6.07) is 8.05. The Morgan fingerprint density at radius 2 is 2.00 bits per heavy atom. The number of amides is 3. The lowest BCUT2D eigenvalue weighted by atomic mass is 9.94. The zero-order valence-corrected chi connectivity index (χ0v) is 15.1. The molecule has 1 aliphatic rings. The van der Waals surface area contributed by atoms with E-state index in [1.807, 2.05) is 12.1 Å². The molecule has 5 heteroatoms. The molecule has 1 aromatic carbocycles. The number of hydrogen-bond acceptors (Lipinski definition) is 2. The third kappa shape index (κ3) is 4.98. The van der Waals surface area contributed by atoms with Gasteiger partial charge in [-0.1, -0.05) is 38.1 Å². The molecule has 0 radical (unpaired) electrons. The maximum atomic E-state index is 12.4. The zero-order chi connectivity index (χ0) is 17.7. The summed E-state index contributed by atoms with van der Waals surface area (Å²) in [6.07, 6.45) is 1.70. The summed E-state index contributed by atoms with van der Waals surface area (Å²) in [7, 11) is 0. The number of urea groups is 1. The average Bonchev–Trinajstić information content (AvgIpc) is 2.95. The molecule has 3 amide bonds. The van der Waals surface area contributed by atoms with E-state index in [1.165, 1.54) is 5.56 Å². The van der Waals surface area contributed by atoms with Crippen molar-refractivity contribution in [3.8, 4) is 0 Å². The monoisotopic (exact) mass is 331 g/mol. The molecule has 1 aliphatic heterocycles. The molecule has 0 saturated carbocycles. The van der Waals surface area contributed by atoms with Crippen molar-refractivity contribution in [3.63, 3.8) is 0 Å². The van der Waals surface area contributed by atoms with Crippen molar-refractivity contribution in [1.29, 1.82) is 0 Å². The number of rotatable bonds is 5. The standard InChI is InChI=1S/C19H29N3O2/c1-13(2)11-18(17-8-6-5-7-14(17)3)21-19(24)20-16-9-10-22(12-16)15(4)23/h5-8,13,16,18H,9-12H2,1-4H3,(H2,20,21,24)/t16-,18-/m0/s1. The van der Waals surface area contributed by atoms with Gasteiger partial charge in [-0.2, -0.15) is 0 Å². The van der Waals surface area contributed by atoms with Crippen LogP contribution in [0.15, 0.2) is 24.3 Å². The van der Waals surface area contributed by atoms with E-state index in [1.54, 1.807) is 11.8 Å². The van der Waals surface area contributed by atoms with Crippen LogP contribution < -0.4 is 10.6 Å². The van der Waals surface area contributed by atoms with Crippen molar-refractivity contribution in [3.05, 3.63) is 35.4 Å². The Bertz CT molecular complexity index is 586. The van der Waals surface area contributed by atoms with Crippen molar-refractivity contribution in [1.82, 2.24) is 15.5 Å². The Balaban J connectivity index is 1.98. The fraction of sp³-hybridized carbons (Fsp3) is 0.579. The highest BCUT2D eigenvalue weighted by Gasteiger charge is 2.26. The molecule has 0 aliphatic carbocycles. The predicted molar refractivity (Wildman–Crippen MR) is 95.7 cm³/mol. The van der Waals surface area contributed by atoms with Gasteiger partial charge < -0.3 is 15.5 Å². The van der Waals surface area contributed by atoms with Crippen LogP contribution in [0, 0.1) is 12.8 Å². The highest BCUT2D eigenvalue weighted by Crippen LogP contribution is 2.24. The molecule has 2 rings (SSSR count). The second kappa shape index (κ2) is 8.18. The van der Waals surface area contributed by atoms with Crippen LogP contribution in [-0.4, -0.2) is 36.0 Å². The van der Waals surface area contributed by atoms with Crippen molar-refractivity contribution < 1.29 is 9.59 Å². The molecule has 1 saturated heterocycles. The maximum absolute atomic E-state index is 12.4. The molecule has 132 valence electrons. The second-order valence-electron chi connectivity index (χ2n) is 7.11. The molecule has 0 spiro atoms. The summed E-state index contributed by atoms with van der Waals surface area (Å²) in [5.41, 5.74) is 2.35. The van der Waals surface area contributed by atoms with Crippen molar-refractivity contribution in [2.24, 2.45) is 5.92 Å². The lowest BCUT2D eigenvalue weighted by molar-refractivity contribution is -0.127. The quantitative estimate of drug-likeness (QED) is 0.871. The first kappa shape index (κ1) is 18.3. The minimum atomic E-state index is -0.153. The van der Waals surface area contributed by atoms with E-state index in [9.17, 15) is 9.59 Å². The molecule has 5 nitrogen and oxygen atoms in total. The van der Waals surface area contributed by atoms with Crippen LogP contribution in [0.25, 0.3) is 0 Å². The Kier molecular flexibility index (Phi) is 6.23. The van der Waals surface area contributed by atoms with Crippen LogP contribution in [0.1, 0.15) is 50.8 Å². The van der Waals surface area contributed by atoms with Crippen LogP contribution in [0.5, 0.6) is 0 Å². The predicted octanol–water partition coefficient (Wildman–Crippen LogP) is 3.00. The van der Waals surface area contributed by atoms with Gasteiger partial charge in [0.25, 0.3) is 0 Å². The van der Waals surface area contributed by atoms with Crippen LogP contribution in [0.2, 0.25) is 0 Å². The molecule has 0 aromatic heterocycles. The van der Waals surface area contributed by atoms with Crippen LogP contribution in [-0.2, 0) is 4.79 Å². The zero-order valence-electron chi connectivity index (χ0n) is 15.1. The third-order valence-corrected chi connectivity index (χ3v) is 4.55. The van der Waals surface area contributed by atoms with Gasteiger partial charge >= 0.3 is 6.03 Å². The number of benzene rings is 1. The number of hydrogen-bond donors (Lipinski definition) is 2. The summed E-state index contributed by atoms with van der Waals surface area (Å²) in [5.74, 6) is 0.548. The number of carbonyl (C=O) groups is 2. The fourth-order valence-corrected chi connectivity index (χ4v) is 3.26. The summed E-state index contributed by atoms with van der Waals surface area (Å²) in [4.78, 5) is 25.6. The van der Waals surface area contributed by atoms with Gasteiger partial charge in [-0.15, -0.1) is 0 Å². The molecule has 24 heavy (non-hydrogen) atoms. The van der Waals surface area contributed by atoms with E-state index < -0.39 is 0 Å². The Labute approximate surface area is 144 Å². The van der Waals surface area contributed by atoms with Gasteiger partial charge in [0.2, 0.25) is 5.91 Å². The van der Waals surface area contributed by atoms with Crippen LogP contribution >= 0.6 is 0 Å². The van der Waals surface area contributed by atoms with E-state index in [2.05, 4.69) is 43.5 Å². The topological polar surface area (TPSA) is 61.4 Å². The number of likely N-dealkylation sites (tertiary alicyclic amines) is 1. The van der Waals surface area contributed by atoms with Crippen LogP contribution in [0.4, 0.5) is 4.79 Å². The van der Waals surface area contributed by atoms with Crippen molar-refractivity contribution in [2.75, 3.05) is 13.1 Å². The minimum absolute atomic E-state index is 0.00323. The molecular formula is C19H29N3O2. The summed E-state index contributed by atoms with van der Waals surface area (Å²) >= 11 is 0. The number of nitrogens with zero attached hydrogens (tertiary/aromatic N) is 1. The largest absolute Gasteiger partial charge is 0.341 e. The van der Waals surface area contributed by atoms with Crippen LogP contribution in [0.3, 0.4) is 0 Å². The molecule has 0 bridgehead atoms. The highest BCUT2D eigenvalue weighted by molar-refractivity contribution is 5.76. The summed E-state index contributed by atoms with van der Waals surface area (Å²) in [5, 5.41) is 6.14. The number of carbonyl (C=O) groups excluding carboxylic acids is 2. The maximum Gasteiger partial charge on any atom is 0.315 e. The number of aryl methyl sites for hydroxylation is 1. The first-order valence-corrected chi connectivity index (χ1v) is 8.75. The van der Waals surface area contributed by atoms with E-state index >= 15 is 0 Å². The lowest BCUT2D eigenvalue weighted by Crippen LogP contribution is -2.45. The first-order chi connectivity index (χ1) is 11.4. The second-order valence-corrected chi connectivity index (χ2v) is 7.11. The van der Waals surface area contributed by atoms with Gasteiger partial charge in [0.05, 0.1) is 6.04 Å². The van der Waals surface area contributed by atoms with E-state index in [0.717, 1.165) is 18.4 Å². The Morgan fingerprint density at radius 1 is 1.29 bits per heavy atom. The smallest absolute Gasteiger partial charge is 0.315 e. The lowest BCUT2D eigenvalue weighted by Gasteiger charge is -2.24. The summed E-state index contributed by atoms with van der Waals surface area (Å²) < 4.78 is 0. The number of nitrogens with one attached hydrogen (secondary N) is 2. The SMILES string of the molecule is CC(=O)N1CC[C@H](NC(=O)N[C@@H](CC(C)C)c2ccccc2C)C1. The Morgan fingerprint density at radius 3 is 2.58 bits per heavy atom. The highest BCUT2D eigenvalue weighted by atomic mass is 16.2. The minimum Gasteiger partial charge on any atom is -0.341 e. The van der Waals surface area contributed by atoms with Crippen molar-refractivity contribution >= 4 is 11.9 Å². The van der Waals surface area contributed by atoms with Gasteiger partial charge in [0, 0.05) is 26.1 Å². The average molecular weight is 331 g/mol. The molecule has 2 atom stereocenters.